The average molecular weight is 216 g/mol. The van der Waals surface area contributed by atoms with Gasteiger partial charge in [-0.05, 0) is 29.8 Å². The number of nitrogens with zero attached hydrogens (tertiary/aromatic N) is 1. The molecule has 1 heterocycles. The van der Waals surface area contributed by atoms with Crippen LogP contribution in [0.2, 0.25) is 0 Å². The second kappa shape index (κ2) is 4.53. The lowest BCUT2D eigenvalue weighted by molar-refractivity contribution is 0.0697. The molecule has 2 N–H and O–H groups in total. The van der Waals surface area contributed by atoms with Crippen LogP contribution in [-0.2, 0) is 6.54 Å². The van der Waals surface area contributed by atoms with E-state index in [0.29, 0.717) is 12.1 Å². The molecule has 2 aromatic rings. The van der Waals surface area contributed by atoms with Gasteiger partial charge in [-0.2, -0.15) is 0 Å². The number of hydrogen-bond acceptors (Lipinski definition) is 2. The topological polar surface area (TPSA) is 54.3 Å². The van der Waals surface area contributed by atoms with Gasteiger partial charge in [0.1, 0.15) is 0 Å². The molecule has 0 unspecified atom stereocenters. The number of carboxylic acid groups (broad SMARTS) is 1. The monoisotopic (exact) mass is 216 g/mol. The third kappa shape index (κ3) is 2.42. The van der Waals surface area contributed by atoms with E-state index in [2.05, 4.69) is 5.43 Å². The van der Waals surface area contributed by atoms with Gasteiger partial charge in [0, 0.05) is 12.4 Å². The summed E-state index contributed by atoms with van der Waals surface area (Å²) in [4.78, 5) is 10.6. The predicted octanol–water partition coefficient (Wildman–Crippen LogP) is 1.93. The first kappa shape index (κ1) is 10.3. The molecule has 0 aliphatic carbocycles. The molecule has 0 bridgehead atoms. The van der Waals surface area contributed by atoms with E-state index in [1.54, 1.807) is 24.3 Å². The maximum atomic E-state index is 10.6. The zero-order valence-corrected chi connectivity index (χ0v) is 8.63. The Morgan fingerprint density at radius 2 is 1.81 bits per heavy atom. The smallest absolute Gasteiger partial charge is 0.335 e. The minimum absolute atomic E-state index is 0.310. The minimum atomic E-state index is -0.898. The van der Waals surface area contributed by atoms with Gasteiger partial charge in [-0.15, -0.1) is 0 Å². The summed E-state index contributed by atoms with van der Waals surface area (Å²) < 4.78 is 1.85. The van der Waals surface area contributed by atoms with Crippen LogP contribution in [0.1, 0.15) is 15.9 Å². The highest BCUT2D eigenvalue weighted by molar-refractivity contribution is 5.87. The molecule has 0 spiro atoms. The van der Waals surface area contributed by atoms with Crippen LogP contribution in [-0.4, -0.2) is 15.8 Å². The van der Waals surface area contributed by atoms with Crippen molar-refractivity contribution in [2.75, 3.05) is 5.43 Å². The standard InChI is InChI=1S/C12H12N2O2/c15-12(16)11-5-3-10(4-6-11)9-13-14-7-1-2-8-14/h1-8,13H,9H2,(H,15,16). The molecule has 0 radical (unpaired) electrons. The second-order valence-electron chi connectivity index (χ2n) is 3.43. The van der Waals surface area contributed by atoms with Crippen LogP contribution in [0.25, 0.3) is 0 Å². The fraction of sp³-hybridized carbons (Fsp3) is 0.0833. The Bertz CT molecular complexity index is 460. The Morgan fingerprint density at radius 3 is 2.38 bits per heavy atom. The minimum Gasteiger partial charge on any atom is -0.478 e. The number of benzene rings is 1. The first-order chi connectivity index (χ1) is 7.75. The highest BCUT2D eigenvalue weighted by Gasteiger charge is 2.01. The van der Waals surface area contributed by atoms with E-state index in [1.165, 1.54) is 0 Å². The predicted molar refractivity (Wildman–Crippen MR) is 60.9 cm³/mol. The van der Waals surface area contributed by atoms with Crippen LogP contribution >= 0.6 is 0 Å². The van der Waals surface area contributed by atoms with E-state index in [4.69, 9.17) is 5.11 Å². The Hall–Kier alpha value is -2.23. The van der Waals surface area contributed by atoms with E-state index in [1.807, 2.05) is 29.2 Å². The van der Waals surface area contributed by atoms with Crippen molar-refractivity contribution >= 4 is 5.97 Å². The first-order valence-corrected chi connectivity index (χ1v) is 4.95. The summed E-state index contributed by atoms with van der Waals surface area (Å²) in [5.74, 6) is -0.898. The summed E-state index contributed by atoms with van der Waals surface area (Å²) in [6, 6.07) is 10.7. The van der Waals surface area contributed by atoms with Crippen LogP contribution < -0.4 is 5.43 Å². The zero-order valence-electron chi connectivity index (χ0n) is 8.63. The molecule has 0 fully saturated rings. The Balaban J connectivity index is 1.98. The van der Waals surface area contributed by atoms with Crippen molar-refractivity contribution in [1.82, 2.24) is 4.68 Å². The van der Waals surface area contributed by atoms with Crippen LogP contribution in [0.15, 0.2) is 48.8 Å². The van der Waals surface area contributed by atoms with E-state index in [-0.39, 0.29) is 0 Å². The van der Waals surface area contributed by atoms with Crippen molar-refractivity contribution in [2.45, 2.75) is 6.54 Å². The Kier molecular flexibility index (Phi) is 2.91. The summed E-state index contributed by atoms with van der Waals surface area (Å²) in [5.41, 5.74) is 4.51. The van der Waals surface area contributed by atoms with Gasteiger partial charge >= 0.3 is 5.97 Å². The number of hydrogen-bond donors (Lipinski definition) is 2. The highest BCUT2D eigenvalue weighted by atomic mass is 16.4. The third-order valence-electron chi connectivity index (χ3n) is 2.27. The zero-order chi connectivity index (χ0) is 11.4. The van der Waals surface area contributed by atoms with Crippen molar-refractivity contribution in [3.8, 4) is 0 Å². The fourth-order valence-electron chi connectivity index (χ4n) is 1.39. The molecule has 0 saturated heterocycles. The van der Waals surface area contributed by atoms with Crippen molar-refractivity contribution in [2.24, 2.45) is 0 Å². The summed E-state index contributed by atoms with van der Waals surface area (Å²) in [6.07, 6.45) is 3.82. The summed E-state index contributed by atoms with van der Waals surface area (Å²) >= 11 is 0. The molecule has 0 aliphatic rings. The molecule has 0 atom stereocenters. The largest absolute Gasteiger partial charge is 0.478 e. The van der Waals surface area contributed by atoms with Gasteiger partial charge in [0.15, 0.2) is 0 Å². The molecule has 16 heavy (non-hydrogen) atoms. The van der Waals surface area contributed by atoms with Crippen LogP contribution in [0.5, 0.6) is 0 Å². The number of carbonyl (C=O) groups is 1. The maximum Gasteiger partial charge on any atom is 0.335 e. The molecule has 0 aliphatic heterocycles. The molecular formula is C12H12N2O2. The highest BCUT2D eigenvalue weighted by Crippen LogP contribution is 2.04. The number of carboxylic acids is 1. The molecule has 1 aromatic carbocycles. The van der Waals surface area contributed by atoms with Gasteiger partial charge in [-0.25, -0.2) is 4.79 Å². The Labute approximate surface area is 93.1 Å². The quantitative estimate of drug-likeness (QED) is 0.821. The van der Waals surface area contributed by atoms with E-state index in [9.17, 15) is 4.79 Å². The van der Waals surface area contributed by atoms with E-state index < -0.39 is 5.97 Å². The molecule has 2 rings (SSSR count). The lowest BCUT2D eigenvalue weighted by atomic mass is 10.1. The molecule has 0 amide bonds. The summed E-state index contributed by atoms with van der Waals surface area (Å²) in [7, 11) is 0. The average Bonchev–Trinajstić information content (AvgIpc) is 2.80. The van der Waals surface area contributed by atoms with E-state index >= 15 is 0 Å². The number of aromatic carboxylic acids is 1. The summed E-state index contributed by atoms with van der Waals surface area (Å²) in [6.45, 7) is 0.661. The number of nitrogens with one attached hydrogen (secondary N) is 1. The first-order valence-electron chi connectivity index (χ1n) is 4.95. The molecule has 82 valence electrons. The third-order valence-corrected chi connectivity index (χ3v) is 2.27. The molecule has 4 heteroatoms. The molecule has 4 nitrogen and oxygen atoms in total. The van der Waals surface area contributed by atoms with Gasteiger partial charge < -0.3 is 10.5 Å². The number of aromatic nitrogens is 1. The van der Waals surface area contributed by atoms with Gasteiger partial charge in [0.05, 0.1) is 12.1 Å². The maximum absolute atomic E-state index is 10.6. The van der Waals surface area contributed by atoms with Crippen molar-refractivity contribution in [3.05, 3.63) is 59.9 Å². The lowest BCUT2D eigenvalue weighted by Gasteiger charge is -2.07. The van der Waals surface area contributed by atoms with Gasteiger partial charge in [0.25, 0.3) is 0 Å². The van der Waals surface area contributed by atoms with Crippen molar-refractivity contribution < 1.29 is 9.90 Å². The van der Waals surface area contributed by atoms with Gasteiger partial charge in [0.2, 0.25) is 0 Å². The SMILES string of the molecule is O=C(O)c1ccc(CNn2cccc2)cc1. The molecular weight excluding hydrogens is 204 g/mol. The Morgan fingerprint density at radius 1 is 1.19 bits per heavy atom. The van der Waals surface area contributed by atoms with Crippen LogP contribution in [0, 0.1) is 0 Å². The van der Waals surface area contributed by atoms with Gasteiger partial charge in [-0.1, -0.05) is 12.1 Å². The van der Waals surface area contributed by atoms with Gasteiger partial charge in [-0.3, -0.25) is 4.68 Å². The van der Waals surface area contributed by atoms with Crippen LogP contribution in [0.4, 0.5) is 0 Å². The van der Waals surface area contributed by atoms with Crippen molar-refractivity contribution in [1.29, 1.82) is 0 Å². The number of rotatable bonds is 4. The fourth-order valence-corrected chi connectivity index (χ4v) is 1.39. The lowest BCUT2D eigenvalue weighted by Crippen LogP contribution is -2.11. The normalized spacial score (nSPS) is 10.0. The summed E-state index contributed by atoms with van der Waals surface area (Å²) in [5, 5.41) is 8.74. The molecule has 0 saturated carbocycles. The van der Waals surface area contributed by atoms with E-state index in [0.717, 1.165) is 5.56 Å². The second-order valence-corrected chi connectivity index (χ2v) is 3.43. The molecule has 1 aromatic heterocycles. The van der Waals surface area contributed by atoms with Crippen LogP contribution in [0.3, 0.4) is 0 Å². The van der Waals surface area contributed by atoms with Crippen molar-refractivity contribution in [3.63, 3.8) is 0 Å².